The van der Waals surface area contributed by atoms with Gasteiger partial charge in [0.2, 0.25) is 10.0 Å². The Morgan fingerprint density at radius 2 is 2.12 bits per heavy atom. The lowest BCUT2D eigenvalue weighted by Gasteiger charge is -2.15. The number of hydrogen-bond acceptors (Lipinski definition) is 4. The van der Waals surface area contributed by atoms with Crippen LogP contribution in [0, 0.1) is 5.92 Å². The molecule has 102 valence electrons. The number of nitrogens with one attached hydrogen (secondary N) is 2. The summed E-state index contributed by atoms with van der Waals surface area (Å²) in [5.74, 6) is 0.440. The van der Waals surface area contributed by atoms with Crippen molar-refractivity contribution in [2.45, 2.75) is 39.3 Å². The molecule has 0 amide bonds. The summed E-state index contributed by atoms with van der Waals surface area (Å²) in [6.45, 7) is 7.71. The van der Waals surface area contributed by atoms with E-state index < -0.39 is 10.0 Å². The normalized spacial score (nSPS) is 25.6. The van der Waals surface area contributed by atoms with Gasteiger partial charge >= 0.3 is 0 Å². The standard InChI is InChI=1S/C11H24N2O3S/c1-9(2)12-5-7-17(14,15)13-8-11-4-6-16-10(11)3/h9-13H,4-8H2,1-3H3. The molecule has 1 rings (SSSR count). The number of hydrogen-bond donors (Lipinski definition) is 2. The van der Waals surface area contributed by atoms with Gasteiger partial charge in [-0.2, -0.15) is 0 Å². The average Bonchev–Trinajstić information content (AvgIpc) is 2.60. The van der Waals surface area contributed by atoms with Crippen LogP contribution in [0.4, 0.5) is 0 Å². The van der Waals surface area contributed by atoms with Crippen LogP contribution in [0.1, 0.15) is 27.2 Å². The van der Waals surface area contributed by atoms with E-state index in [1.165, 1.54) is 0 Å². The molecule has 1 aliphatic rings. The first-order chi connectivity index (χ1) is 7.91. The van der Waals surface area contributed by atoms with Crippen LogP contribution in [0.15, 0.2) is 0 Å². The first-order valence-corrected chi connectivity index (χ1v) is 7.88. The molecule has 1 heterocycles. The fourth-order valence-corrected chi connectivity index (χ4v) is 2.83. The Kier molecular flexibility index (Phi) is 5.85. The minimum atomic E-state index is -3.16. The maximum absolute atomic E-state index is 11.7. The lowest BCUT2D eigenvalue weighted by molar-refractivity contribution is 0.107. The van der Waals surface area contributed by atoms with E-state index in [4.69, 9.17) is 4.74 Å². The molecule has 0 bridgehead atoms. The van der Waals surface area contributed by atoms with E-state index in [2.05, 4.69) is 10.0 Å². The molecule has 17 heavy (non-hydrogen) atoms. The largest absolute Gasteiger partial charge is 0.378 e. The Bertz CT molecular complexity index is 317. The van der Waals surface area contributed by atoms with E-state index in [0.717, 1.165) is 13.0 Å². The zero-order valence-corrected chi connectivity index (χ0v) is 11.7. The molecule has 1 saturated heterocycles. The molecule has 2 unspecified atom stereocenters. The first-order valence-electron chi connectivity index (χ1n) is 6.23. The Labute approximate surface area is 104 Å². The van der Waals surface area contributed by atoms with Crippen molar-refractivity contribution >= 4 is 10.0 Å². The second-order valence-electron chi connectivity index (χ2n) is 4.90. The quantitative estimate of drug-likeness (QED) is 0.695. The Balaban J connectivity index is 2.24. The smallest absolute Gasteiger partial charge is 0.212 e. The van der Waals surface area contributed by atoms with Crippen LogP contribution in [0.2, 0.25) is 0 Å². The summed E-state index contributed by atoms with van der Waals surface area (Å²) in [5.41, 5.74) is 0. The van der Waals surface area contributed by atoms with Gasteiger partial charge in [-0.05, 0) is 13.3 Å². The van der Waals surface area contributed by atoms with Crippen molar-refractivity contribution < 1.29 is 13.2 Å². The predicted molar refractivity (Wildman–Crippen MR) is 68.4 cm³/mol. The fourth-order valence-electron chi connectivity index (χ4n) is 1.83. The minimum absolute atomic E-state index is 0.132. The molecule has 6 heteroatoms. The molecule has 0 aromatic carbocycles. The summed E-state index contributed by atoms with van der Waals surface area (Å²) in [5, 5.41) is 3.09. The number of ether oxygens (including phenoxy) is 1. The van der Waals surface area contributed by atoms with Crippen LogP contribution in [-0.4, -0.2) is 46.0 Å². The van der Waals surface area contributed by atoms with Crippen molar-refractivity contribution in [1.82, 2.24) is 10.0 Å². The zero-order valence-electron chi connectivity index (χ0n) is 10.9. The first kappa shape index (κ1) is 14.9. The van der Waals surface area contributed by atoms with Crippen molar-refractivity contribution in [3.05, 3.63) is 0 Å². The van der Waals surface area contributed by atoms with Crippen molar-refractivity contribution in [3.63, 3.8) is 0 Å². The third kappa shape index (κ3) is 5.81. The lowest BCUT2D eigenvalue weighted by Crippen LogP contribution is -2.37. The minimum Gasteiger partial charge on any atom is -0.378 e. The molecule has 0 aromatic rings. The SMILES string of the molecule is CC(C)NCCS(=O)(=O)NCC1CCOC1C. The third-order valence-electron chi connectivity index (χ3n) is 3.02. The highest BCUT2D eigenvalue weighted by Crippen LogP contribution is 2.19. The maximum Gasteiger partial charge on any atom is 0.212 e. The van der Waals surface area contributed by atoms with E-state index >= 15 is 0 Å². The van der Waals surface area contributed by atoms with Gasteiger partial charge in [0, 0.05) is 31.7 Å². The Morgan fingerprint density at radius 3 is 2.65 bits per heavy atom. The van der Waals surface area contributed by atoms with Crippen LogP contribution in [0.3, 0.4) is 0 Å². The van der Waals surface area contributed by atoms with Gasteiger partial charge in [0.05, 0.1) is 11.9 Å². The van der Waals surface area contributed by atoms with Crippen LogP contribution in [0.25, 0.3) is 0 Å². The van der Waals surface area contributed by atoms with Gasteiger partial charge in [0.15, 0.2) is 0 Å². The summed E-state index contributed by atoms with van der Waals surface area (Å²) in [4.78, 5) is 0. The van der Waals surface area contributed by atoms with E-state index in [1.54, 1.807) is 0 Å². The molecule has 0 spiro atoms. The Hall–Kier alpha value is -0.170. The summed E-state index contributed by atoms with van der Waals surface area (Å²) in [7, 11) is -3.16. The maximum atomic E-state index is 11.7. The molecule has 1 fully saturated rings. The lowest BCUT2D eigenvalue weighted by atomic mass is 10.0. The molecule has 0 radical (unpaired) electrons. The van der Waals surface area contributed by atoms with E-state index in [9.17, 15) is 8.42 Å². The van der Waals surface area contributed by atoms with Gasteiger partial charge in [0.25, 0.3) is 0 Å². The fraction of sp³-hybridized carbons (Fsp3) is 1.00. The van der Waals surface area contributed by atoms with Gasteiger partial charge in [-0.15, -0.1) is 0 Å². The monoisotopic (exact) mass is 264 g/mol. The van der Waals surface area contributed by atoms with Crippen LogP contribution < -0.4 is 10.0 Å². The third-order valence-corrected chi connectivity index (χ3v) is 4.37. The molecule has 0 saturated carbocycles. The molecule has 0 aliphatic carbocycles. The Morgan fingerprint density at radius 1 is 1.41 bits per heavy atom. The number of rotatable bonds is 7. The summed E-state index contributed by atoms with van der Waals surface area (Å²) in [6, 6.07) is 0.313. The van der Waals surface area contributed by atoms with Gasteiger partial charge < -0.3 is 10.1 Å². The van der Waals surface area contributed by atoms with Crippen LogP contribution >= 0.6 is 0 Å². The highest BCUT2D eigenvalue weighted by Gasteiger charge is 2.25. The second-order valence-corrected chi connectivity index (χ2v) is 6.83. The van der Waals surface area contributed by atoms with E-state index in [-0.39, 0.29) is 11.9 Å². The predicted octanol–water partition coefficient (Wildman–Crippen LogP) is 0.329. The molecule has 1 aliphatic heterocycles. The number of sulfonamides is 1. The van der Waals surface area contributed by atoms with E-state index in [1.807, 2.05) is 20.8 Å². The van der Waals surface area contributed by atoms with Gasteiger partial charge in [-0.1, -0.05) is 13.8 Å². The zero-order chi connectivity index (χ0) is 12.9. The van der Waals surface area contributed by atoms with Crippen molar-refractivity contribution in [2.75, 3.05) is 25.4 Å². The molecule has 0 aromatic heterocycles. The summed E-state index contributed by atoms with van der Waals surface area (Å²) >= 11 is 0. The van der Waals surface area contributed by atoms with Crippen molar-refractivity contribution in [2.24, 2.45) is 5.92 Å². The molecule has 2 atom stereocenters. The molecule has 5 nitrogen and oxygen atoms in total. The van der Waals surface area contributed by atoms with E-state index in [0.29, 0.717) is 25.0 Å². The molecular weight excluding hydrogens is 240 g/mol. The average molecular weight is 264 g/mol. The van der Waals surface area contributed by atoms with Crippen LogP contribution in [0.5, 0.6) is 0 Å². The molecular formula is C11H24N2O3S. The highest BCUT2D eigenvalue weighted by molar-refractivity contribution is 7.89. The van der Waals surface area contributed by atoms with Gasteiger partial charge in [-0.25, -0.2) is 13.1 Å². The van der Waals surface area contributed by atoms with Crippen molar-refractivity contribution in [1.29, 1.82) is 0 Å². The summed E-state index contributed by atoms with van der Waals surface area (Å²) in [6.07, 6.45) is 1.10. The van der Waals surface area contributed by atoms with Crippen LogP contribution in [-0.2, 0) is 14.8 Å². The topological polar surface area (TPSA) is 67.4 Å². The van der Waals surface area contributed by atoms with Gasteiger partial charge in [-0.3, -0.25) is 0 Å². The molecule has 2 N–H and O–H groups in total. The highest BCUT2D eigenvalue weighted by atomic mass is 32.2. The second kappa shape index (κ2) is 6.68. The van der Waals surface area contributed by atoms with Gasteiger partial charge in [0.1, 0.15) is 0 Å². The van der Waals surface area contributed by atoms with Crippen molar-refractivity contribution in [3.8, 4) is 0 Å². The summed E-state index contributed by atoms with van der Waals surface area (Å²) < 4.78 is 31.4.